The summed E-state index contributed by atoms with van der Waals surface area (Å²) in [5.74, 6) is -1.06. The highest BCUT2D eigenvalue weighted by molar-refractivity contribution is 5.69. The molecular weight excluding hydrogens is 212 g/mol. The minimum absolute atomic E-state index is 0.155. The third kappa shape index (κ3) is 3.58. The minimum Gasteiger partial charge on any atom is -0.481 e. The second-order valence-corrected chi connectivity index (χ2v) is 5.38. The van der Waals surface area contributed by atoms with E-state index in [-0.39, 0.29) is 11.3 Å². The number of carboxylic acid groups (broad SMARTS) is 1. The fraction of sp³-hybridized carbons (Fsp3) is 0.533. The highest BCUT2D eigenvalue weighted by Gasteiger charge is 2.19. The first-order chi connectivity index (χ1) is 7.86. The van der Waals surface area contributed by atoms with Crippen LogP contribution in [-0.4, -0.2) is 11.1 Å². The summed E-state index contributed by atoms with van der Waals surface area (Å²) < 4.78 is 0. The van der Waals surface area contributed by atoms with Crippen molar-refractivity contribution in [3.63, 3.8) is 0 Å². The molecule has 1 aromatic rings. The minimum atomic E-state index is -0.731. The molecule has 2 heteroatoms. The molecule has 0 spiro atoms. The van der Waals surface area contributed by atoms with E-state index in [1.54, 1.807) is 6.92 Å². The SMILES string of the molecule is CCC(C)(C)c1cccc(CC(C)C(=O)O)c1. The maximum absolute atomic E-state index is 10.8. The van der Waals surface area contributed by atoms with Crippen LogP contribution >= 0.6 is 0 Å². The second-order valence-electron chi connectivity index (χ2n) is 5.38. The Morgan fingerprint density at radius 1 is 1.41 bits per heavy atom. The summed E-state index contributed by atoms with van der Waals surface area (Å²) in [6, 6.07) is 8.30. The smallest absolute Gasteiger partial charge is 0.306 e. The molecular formula is C15H22O2. The first-order valence-corrected chi connectivity index (χ1v) is 6.19. The van der Waals surface area contributed by atoms with Gasteiger partial charge in [0.15, 0.2) is 0 Å². The molecule has 0 aliphatic carbocycles. The van der Waals surface area contributed by atoms with Gasteiger partial charge in [-0.05, 0) is 29.4 Å². The molecule has 0 aliphatic heterocycles. The van der Waals surface area contributed by atoms with Gasteiger partial charge in [-0.3, -0.25) is 4.79 Å². The average Bonchev–Trinajstić information content (AvgIpc) is 2.29. The highest BCUT2D eigenvalue weighted by Crippen LogP contribution is 2.27. The molecule has 1 unspecified atom stereocenters. The van der Waals surface area contributed by atoms with Crippen molar-refractivity contribution in [2.75, 3.05) is 0 Å². The zero-order chi connectivity index (χ0) is 13.1. The summed E-state index contributed by atoms with van der Waals surface area (Å²) in [5.41, 5.74) is 2.55. The molecule has 0 aromatic heterocycles. The van der Waals surface area contributed by atoms with Gasteiger partial charge in [0.2, 0.25) is 0 Å². The molecule has 1 rings (SSSR count). The molecule has 17 heavy (non-hydrogen) atoms. The molecule has 0 saturated carbocycles. The van der Waals surface area contributed by atoms with Crippen LogP contribution in [0.2, 0.25) is 0 Å². The van der Waals surface area contributed by atoms with Crippen LogP contribution in [-0.2, 0) is 16.6 Å². The van der Waals surface area contributed by atoms with E-state index in [0.29, 0.717) is 6.42 Å². The largest absolute Gasteiger partial charge is 0.481 e. The maximum Gasteiger partial charge on any atom is 0.306 e. The highest BCUT2D eigenvalue weighted by atomic mass is 16.4. The van der Waals surface area contributed by atoms with Crippen LogP contribution in [0.5, 0.6) is 0 Å². The Morgan fingerprint density at radius 3 is 2.59 bits per heavy atom. The first kappa shape index (κ1) is 13.8. The van der Waals surface area contributed by atoms with Crippen LogP contribution in [0, 0.1) is 5.92 Å². The van der Waals surface area contributed by atoms with E-state index in [2.05, 4.69) is 32.9 Å². The first-order valence-electron chi connectivity index (χ1n) is 6.19. The summed E-state index contributed by atoms with van der Waals surface area (Å²) in [6.45, 7) is 8.35. The molecule has 0 bridgehead atoms. The van der Waals surface area contributed by atoms with Gasteiger partial charge in [-0.1, -0.05) is 52.0 Å². The van der Waals surface area contributed by atoms with Gasteiger partial charge in [0, 0.05) is 0 Å². The van der Waals surface area contributed by atoms with Gasteiger partial charge in [0.05, 0.1) is 5.92 Å². The molecule has 0 saturated heterocycles. The maximum atomic E-state index is 10.8. The third-order valence-electron chi connectivity index (χ3n) is 3.56. The summed E-state index contributed by atoms with van der Waals surface area (Å²) >= 11 is 0. The van der Waals surface area contributed by atoms with Gasteiger partial charge in [-0.25, -0.2) is 0 Å². The molecule has 0 aliphatic rings. The Morgan fingerprint density at radius 2 is 2.06 bits per heavy atom. The van der Waals surface area contributed by atoms with Gasteiger partial charge >= 0.3 is 5.97 Å². The molecule has 2 nitrogen and oxygen atoms in total. The van der Waals surface area contributed by atoms with Crippen molar-refractivity contribution in [1.29, 1.82) is 0 Å². The van der Waals surface area contributed by atoms with Crippen molar-refractivity contribution in [3.8, 4) is 0 Å². The van der Waals surface area contributed by atoms with E-state index >= 15 is 0 Å². The van der Waals surface area contributed by atoms with E-state index in [1.165, 1.54) is 5.56 Å². The fourth-order valence-electron chi connectivity index (χ4n) is 1.76. The molecule has 1 aromatic carbocycles. The van der Waals surface area contributed by atoms with Gasteiger partial charge in [-0.2, -0.15) is 0 Å². The topological polar surface area (TPSA) is 37.3 Å². The van der Waals surface area contributed by atoms with E-state index in [9.17, 15) is 4.79 Å². The second kappa shape index (κ2) is 5.35. The Balaban J connectivity index is 2.90. The van der Waals surface area contributed by atoms with Crippen molar-refractivity contribution >= 4 is 5.97 Å². The molecule has 0 heterocycles. The Labute approximate surface area is 104 Å². The van der Waals surface area contributed by atoms with Crippen molar-refractivity contribution < 1.29 is 9.90 Å². The standard InChI is InChI=1S/C15H22O2/c1-5-15(3,4)13-8-6-7-12(10-13)9-11(2)14(16)17/h6-8,10-11H,5,9H2,1-4H3,(H,16,17). The normalized spacial score (nSPS) is 13.4. The zero-order valence-corrected chi connectivity index (χ0v) is 11.2. The number of carbonyl (C=O) groups is 1. The predicted molar refractivity (Wildman–Crippen MR) is 70.3 cm³/mol. The number of rotatable bonds is 5. The number of carboxylic acids is 1. The lowest BCUT2D eigenvalue weighted by Crippen LogP contribution is -2.16. The Bertz CT molecular complexity index is 394. The van der Waals surface area contributed by atoms with Crippen molar-refractivity contribution in [2.24, 2.45) is 5.92 Å². The van der Waals surface area contributed by atoms with E-state index in [1.807, 2.05) is 12.1 Å². The van der Waals surface area contributed by atoms with E-state index in [0.717, 1.165) is 12.0 Å². The Hall–Kier alpha value is -1.31. The average molecular weight is 234 g/mol. The molecule has 0 radical (unpaired) electrons. The number of hydrogen-bond acceptors (Lipinski definition) is 1. The monoisotopic (exact) mass is 234 g/mol. The van der Waals surface area contributed by atoms with Gasteiger partial charge in [0.25, 0.3) is 0 Å². The number of benzene rings is 1. The quantitative estimate of drug-likeness (QED) is 0.844. The van der Waals surface area contributed by atoms with Crippen LogP contribution < -0.4 is 0 Å². The number of hydrogen-bond donors (Lipinski definition) is 1. The van der Waals surface area contributed by atoms with Crippen LogP contribution in [0.25, 0.3) is 0 Å². The lowest BCUT2D eigenvalue weighted by Gasteiger charge is -2.24. The zero-order valence-electron chi connectivity index (χ0n) is 11.2. The molecule has 1 N–H and O–H groups in total. The summed E-state index contributed by atoms with van der Waals surface area (Å²) in [7, 11) is 0. The predicted octanol–water partition coefficient (Wildman–Crippen LogP) is 3.64. The lowest BCUT2D eigenvalue weighted by atomic mass is 9.81. The molecule has 0 amide bonds. The Kier molecular flexibility index (Phi) is 4.33. The molecule has 0 fully saturated rings. The summed E-state index contributed by atoms with van der Waals surface area (Å²) in [5, 5.41) is 8.92. The van der Waals surface area contributed by atoms with Gasteiger partial charge < -0.3 is 5.11 Å². The molecule has 1 atom stereocenters. The van der Waals surface area contributed by atoms with Crippen molar-refractivity contribution in [2.45, 2.75) is 46.0 Å². The van der Waals surface area contributed by atoms with E-state index in [4.69, 9.17) is 5.11 Å². The van der Waals surface area contributed by atoms with Gasteiger partial charge in [0.1, 0.15) is 0 Å². The lowest BCUT2D eigenvalue weighted by molar-refractivity contribution is -0.141. The van der Waals surface area contributed by atoms with Gasteiger partial charge in [-0.15, -0.1) is 0 Å². The van der Waals surface area contributed by atoms with Crippen LogP contribution in [0.15, 0.2) is 24.3 Å². The fourth-order valence-corrected chi connectivity index (χ4v) is 1.76. The summed E-state index contributed by atoms with van der Waals surface area (Å²) in [4.78, 5) is 10.8. The van der Waals surface area contributed by atoms with Crippen molar-refractivity contribution in [3.05, 3.63) is 35.4 Å². The summed E-state index contributed by atoms with van der Waals surface area (Å²) in [6.07, 6.45) is 1.67. The van der Waals surface area contributed by atoms with Crippen LogP contribution in [0.4, 0.5) is 0 Å². The van der Waals surface area contributed by atoms with Crippen LogP contribution in [0.1, 0.15) is 45.2 Å². The van der Waals surface area contributed by atoms with Crippen LogP contribution in [0.3, 0.4) is 0 Å². The van der Waals surface area contributed by atoms with E-state index < -0.39 is 5.97 Å². The molecule has 94 valence electrons. The third-order valence-corrected chi connectivity index (χ3v) is 3.56. The van der Waals surface area contributed by atoms with Crippen molar-refractivity contribution in [1.82, 2.24) is 0 Å². The number of aliphatic carboxylic acids is 1.